The Hall–Kier alpha value is -1.24. The van der Waals surface area contributed by atoms with Crippen molar-refractivity contribution >= 4 is 0 Å². The zero-order valence-corrected chi connectivity index (χ0v) is 10.9. The van der Waals surface area contributed by atoms with Gasteiger partial charge in [-0.2, -0.15) is 13.2 Å². The van der Waals surface area contributed by atoms with Gasteiger partial charge >= 0.3 is 6.18 Å². The van der Waals surface area contributed by atoms with E-state index in [2.05, 4.69) is 0 Å². The standard InChI is InChI=1S/C14H14F6O/c15-11-7-9(1-2-10(11)14(18,19)20)12(21)8-3-5-13(16,17)6-4-8/h1-2,7-8,12,21H,3-6H2. The molecular weight excluding hydrogens is 298 g/mol. The first kappa shape index (κ1) is 16.1. The van der Waals surface area contributed by atoms with Crippen LogP contribution in [0.2, 0.25) is 0 Å². The molecule has 1 unspecified atom stereocenters. The SMILES string of the molecule is OC(c1ccc(C(F)(F)F)c(F)c1)C1CCC(F)(F)CC1. The summed E-state index contributed by atoms with van der Waals surface area (Å²) in [7, 11) is 0. The topological polar surface area (TPSA) is 20.2 Å². The van der Waals surface area contributed by atoms with E-state index in [1.165, 1.54) is 0 Å². The van der Waals surface area contributed by atoms with Crippen LogP contribution >= 0.6 is 0 Å². The number of hydrogen-bond acceptors (Lipinski definition) is 1. The second-order valence-corrected chi connectivity index (χ2v) is 5.38. The molecule has 1 aliphatic carbocycles. The Morgan fingerprint density at radius 3 is 2.19 bits per heavy atom. The van der Waals surface area contributed by atoms with Crippen LogP contribution in [0.3, 0.4) is 0 Å². The molecule has 0 aliphatic heterocycles. The molecular formula is C14H14F6O. The van der Waals surface area contributed by atoms with Crippen molar-refractivity contribution < 1.29 is 31.4 Å². The molecule has 0 saturated heterocycles. The second kappa shape index (κ2) is 5.51. The van der Waals surface area contributed by atoms with Gasteiger partial charge in [-0.3, -0.25) is 0 Å². The van der Waals surface area contributed by atoms with E-state index < -0.39 is 35.5 Å². The van der Waals surface area contributed by atoms with E-state index in [0.717, 1.165) is 6.07 Å². The summed E-state index contributed by atoms with van der Waals surface area (Å²) in [6, 6.07) is 2.18. The van der Waals surface area contributed by atoms with E-state index in [-0.39, 0.29) is 31.2 Å². The summed E-state index contributed by atoms with van der Waals surface area (Å²) in [5.41, 5.74) is -1.43. The number of benzene rings is 1. The van der Waals surface area contributed by atoms with E-state index in [0.29, 0.717) is 12.1 Å². The fourth-order valence-corrected chi connectivity index (χ4v) is 2.60. The quantitative estimate of drug-likeness (QED) is 0.785. The average molecular weight is 312 g/mol. The molecule has 1 nitrogen and oxygen atoms in total. The third kappa shape index (κ3) is 3.70. The molecule has 0 amide bonds. The van der Waals surface area contributed by atoms with Crippen LogP contribution in [0.25, 0.3) is 0 Å². The number of halogens is 6. The summed E-state index contributed by atoms with van der Waals surface area (Å²) in [6.07, 6.45) is -6.69. The maximum atomic E-state index is 13.4. The van der Waals surface area contributed by atoms with Crippen molar-refractivity contribution in [2.45, 2.75) is 43.9 Å². The van der Waals surface area contributed by atoms with Gasteiger partial charge in [0.05, 0.1) is 11.7 Å². The normalized spacial score (nSPS) is 21.3. The minimum absolute atomic E-state index is 0.0179. The van der Waals surface area contributed by atoms with Gasteiger partial charge in [0.1, 0.15) is 5.82 Å². The summed E-state index contributed by atoms with van der Waals surface area (Å²) in [4.78, 5) is 0. The van der Waals surface area contributed by atoms with Crippen LogP contribution < -0.4 is 0 Å². The summed E-state index contributed by atoms with van der Waals surface area (Å²) >= 11 is 0. The zero-order valence-electron chi connectivity index (χ0n) is 10.9. The van der Waals surface area contributed by atoms with Crippen molar-refractivity contribution in [3.05, 3.63) is 35.1 Å². The Kier molecular flexibility index (Phi) is 4.24. The third-order valence-electron chi connectivity index (χ3n) is 3.85. The van der Waals surface area contributed by atoms with Crippen LogP contribution in [0.4, 0.5) is 26.3 Å². The maximum absolute atomic E-state index is 13.4. The minimum atomic E-state index is -4.81. The van der Waals surface area contributed by atoms with Crippen molar-refractivity contribution in [3.8, 4) is 0 Å². The van der Waals surface area contributed by atoms with E-state index in [1.807, 2.05) is 0 Å². The predicted octanol–water partition coefficient (Wildman–Crippen LogP) is 4.70. The first-order chi connectivity index (χ1) is 9.60. The van der Waals surface area contributed by atoms with E-state index in [1.54, 1.807) is 0 Å². The first-order valence-corrected chi connectivity index (χ1v) is 6.53. The fraction of sp³-hybridized carbons (Fsp3) is 0.571. The van der Waals surface area contributed by atoms with Gasteiger partial charge in [0.25, 0.3) is 0 Å². The highest BCUT2D eigenvalue weighted by molar-refractivity contribution is 5.28. The molecule has 0 spiro atoms. The molecule has 0 radical (unpaired) electrons. The molecule has 1 saturated carbocycles. The molecule has 1 aromatic rings. The lowest BCUT2D eigenvalue weighted by Gasteiger charge is -2.31. The van der Waals surface area contributed by atoms with Crippen LogP contribution in [0.1, 0.15) is 42.9 Å². The van der Waals surface area contributed by atoms with E-state index in [4.69, 9.17) is 0 Å². The molecule has 2 rings (SSSR count). The second-order valence-electron chi connectivity index (χ2n) is 5.38. The van der Waals surface area contributed by atoms with Crippen LogP contribution in [-0.4, -0.2) is 11.0 Å². The first-order valence-electron chi connectivity index (χ1n) is 6.53. The van der Waals surface area contributed by atoms with E-state index in [9.17, 15) is 31.4 Å². The van der Waals surface area contributed by atoms with Crippen LogP contribution in [0.15, 0.2) is 18.2 Å². The lowest BCUT2D eigenvalue weighted by molar-refractivity contribution is -0.140. The average Bonchev–Trinajstić information content (AvgIpc) is 2.36. The highest BCUT2D eigenvalue weighted by atomic mass is 19.4. The number of aliphatic hydroxyl groups is 1. The molecule has 0 aromatic heterocycles. The Labute approximate surface area is 117 Å². The van der Waals surface area contributed by atoms with Gasteiger partial charge in [-0.15, -0.1) is 0 Å². The number of aliphatic hydroxyl groups excluding tert-OH is 1. The Morgan fingerprint density at radius 1 is 1.14 bits per heavy atom. The molecule has 118 valence electrons. The van der Waals surface area contributed by atoms with Crippen LogP contribution in [-0.2, 0) is 6.18 Å². The fourth-order valence-electron chi connectivity index (χ4n) is 2.60. The zero-order chi connectivity index (χ0) is 15.8. The van der Waals surface area contributed by atoms with Crippen molar-refractivity contribution in [1.82, 2.24) is 0 Å². The van der Waals surface area contributed by atoms with Crippen LogP contribution in [0, 0.1) is 11.7 Å². The summed E-state index contributed by atoms with van der Waals surface area (Å²) < 4.78 is 76.8. The molecule has 1 aliphatic rings. The largest absolute Gasteiger partial charge is 0.419 e. The van der Waals surface area contributed by atoms with Crippen molar-refractivity contribution in [1.29, 1.82) is 0 Å². The van der Waals surface area contributed by atoms with Crippen molar-refractivity contribution in [3.63, 3.8) is 0 Å². The van der Waals surface area contributed by atoms with Gasteiger partial charge in [-0.25, -0.2) is 13.2 Å². The summed E-state index contributed by atoms with van der Waals surface area (Å²) in [5.74, 6) is -4.73. The smallest absolute Gasteiger partial charge is 0.388 e. The van der Waals surface area contributed by atoms with Gasteiger partial charge in [-0.05, 0) is 36.5 Å². The van der Waals surface area contributed by atoms with Crippen molar-refractivity contribution in [2.24, 2.45) is 5.92 Å². The third-order valence-corrected chi connectivity index (χ3v) is 3.85. The monoisotopic (exact) mass is 312 g/mol. The van der Waals surface area contributed by atoms with Gasteiger partial charge in [0.15, 0.2) is 0 Å². The lowest BCUT2D eigenvalue weighted by Crippen LogP contribution is -2.27. The maximum Gasteiger partial charge on any atom is 0.419 e. The highest BCUT2D eigenvalue weighted by Crippen LogP contribution is 2.42. The molecule has 1 N–H and O–H groups in total. The molecule has 0 heterocycles. The van der Waals surface area contributed by atoms with Gasteiger partial charge < -0.3 is 5.11 Å². The van der Waals surface area contributed by atoms with Gasteiger partial charge in [0.2, 0.25) is 5.92 Å². The molecule has 21 heavy (non-hydrogen) atoms. The molecule has 0 bridgehead atoms. The minimum Gasteiger partial charge on any atom is -0.388 e. The molecule has 7 heteroatoms. The summed E-state index contributed by atoms with van der Waals surface area (Å²) in [5, 5.41) is 10.0. The van der Waals surface area contributed by atoms with Crippen molar-refractivity contribution in [2.75, 3.05) is 0 Å². The number of hydrogen-bond donors (Lipinski definition) is 1. The van der Waals surface area contributed by atoms with Gasteiger partial charge in [-0.1, -0.05) is 6.07 Å². The molecule has 1 atom stereocenters. The van der Waals surface area contributed by atoms with E-state index >= 15 is 0 Å². The van der Waals surface area contributed by atoms with Crippen LogP contribution in [0.5, 0.6) is 0 Å². The molecule has 1 aromatic carbocycles. The lowest BCUT2D eigenvalue weighted by atomic mass is 9.81. The number of alkyl halides is 5. The Bertz CT molecular complexity index is 501. The van der Waals surface area contributed by atoms with Gasteiger partial charge in [0, 0.05) is 12.8 Å². The highest BCUT2D eigenvalue weighted by Gasteiger charge is 2.38. The summed E-state index contributed by atoms with van der Waals surface area (Å²) in [6.45, 7) is 0. The Balaban J connectivity index is 2.14. The molecule has 1 fully saturated rings. The Morgan fingerprint density at radius 2 is 1.71 bits per heavy atom. The number of rotatable bonds is 2. The predicted molar refractivity (Wildman–Crippen MR) is 63.3 cm³/mol.